The van der Waals surface area contributed by atoms with Crippen molar-refractivity contribution >= 4 is 21.9 Å². The fourth-order valence-corrected chi connectivity index (χ4v) is 3.36. The van der Waals surface area contributed by atoms with E-state index in [9.17, 15) is 18.0 Å². The molecule has 0 saturated carbocycles. The van der Waals surface area contributed by atoms with Crippen molar-refractivity contribution in [3.05, 3.63) is 35.4 Å². The second-order valence-electron chi connectivity index (χ2n) is 5.28. The van der Waals surface area contributed by atoms with Crippen LogP contribution in [0.2, 0.25) is 0 Å². The number of primary amides is 1. The molecule has 0 unspecified atom stereocenters. The number of rotatable bonds is 4. The van der Waals surface area contributed by atoms with E-state index in [1.54, 1.807) is 0 Å². The van der Waals surface area contributed by atoms with Crippen molar-refractivity contribution in [2.75, 3.05) is 6.26 Å². The maximum absolute atomic E-state index is 12.2. The van der Waals surface area contributed by atoms with Crippen LogP contribution in [-0.2, 0) is 37.3 Å². The molecule has 7 nitrogen and oxygen atoms in total. The summed E-state index contributed by atoms with van der Waals surface area (Å²) in [7, 11) is -3.60. The summed E-state index contributed by atoms with van der Waals surface area (Å²) in [5.41, 5.74) is 6.80. The predicted molar refractivity (Wildman–Crippen MR) is 79.1 cm³/mol. The molecule has 8 heteroatoms. The molecule has 0 spiro atoms. The van der Waals surface area contributed by atoms with Gasteiger partial charge in [0.05, 0.1) is 6.26 Å². The zero-order valence-corrected chi connectivity index (χ0v) is 13.2. The van der Waals surface area contributed by atoms with Crippen molar-refractivity contribution in [2.45, 2.75) is 32.0 Å². The maximum atomic E-state index is 12.2. The van der Waals surface area contributed by atoms with Gasteiger partial charge in [0.15, 0.2) is 6.10 Å². The molecule has 2 rings (SSSR count). The molecular formula is C14H18N2O5S. The molecule has 0 aromatic heterocycles. The highest BCUT2D eigenvalue weighted by molar-refractivity contribution is 7.88. The highest BCUT2D eigenvalue weighted by Crippen LogP contribution is 2.26. The third-order valence-electron chi connectivity index (χ3n) is 3.60. The Morgan fingerprint density at radius 2 is 1.91 bits per heavy atom. The van der Waals surface area contributed by atoms with Crippen molar-refractivity contribution < 1.29 is 22.7 Å². The Labute approximate surface area is 129 Å². The number of benzene rings is 1. The summed E-state index contributed by atoms with van der Waals surface area (Å²) in [6.07, 6.45) is 0.137. The lowest BCUT2D eigenvalue weighted by atomic mass is 9.96. The van der Waals surface area contributed by atoms with Crippen molar-refractivity contribution in [2.24, 2.45) is 5.73 Å². The fourth-order valence-electron chi connectivity index (χ4n) is 2.36. The maximum Gasteiger partial charge on any atom is 0.325 e. The second kappa shape index (κ2) is 6.05. The number of carbonyl (C=O) groups is 2. The molecule has 0 aliphatic carbocycles. The predicted octanol–water partition coefficient (Wildman–Crippen LogP) is -0.210. The largest absolute Gasteiger partial charge is 0.451 e. The van der Waals surface area contributed by atoms with E-state index in [1.807, 2.05) is 24.3 Å². The Morgan fingerprint density at radius 1 is 1.32 bits per heavy atom. The van der Waals surface area contributed by atoms with Gasteiger partial charge in [-0.3, -0.25) is 9.59 Å². The Morgan fingerprint density at radius 3 is 2.45 bits per heavy atom. The SMILES string of the molecule is C[C@@H](OC(=O)[C@@H]1Cc2ccccc2CN1S(C)(=O)=O)C(N)=O. The average Bonchev–Trinajstić information content (AvgIpc) is 2.44. The highest BCUT2D eigenvalue weighted by atomic mass is 32.2. The van der Waals surface area contributed by atoms with Crippen LogP contribution in [0.5, 0.6) is 0 Å². The summed E-state index contributed by atoms with van der Waals surface area (Å²) in [4.78, 5) is 23.3. The molecule has 22 heavy (non-hydrogen) atoms. The number of nitrogens with two attached hydrogens (primary N) is 1. The summed E-state index contributed by atoms with van der Waals surface area (Å²) < 4.78 is 30.0. The normalized spacial score (nSPS) is 20.0. The Hall–Kier alpha value is -1.93. The first-order valence-electron chi connectivity index (χ1n) is 6.73. The first-order chi connectivity index (χ1) is 10.2. The van der Waals surface area contributed by atoms with Gasteiger partial charge in [0.2, 0.25) is 10.0 Å². The van der Waals surface area contributed by atoms with Gasteiger partial charge in [-0.25, -0.2) is 8.42 Å². The molecule has 0 bridgehead atoms. The summed E-state index contributed by atoms with van der Waals surface area (Å²) in [6.45, 7) is 1.45. The molecule has 2 N–H and O–H groups in total. The third kappa shape index (κ3) is 3.45. The smallest absolute Gasteiger partial charge is 0.325 e. The van der Waals surface area contributed by atoms with Crippen LogP contribution < -0.4 is 5.73 Å². The van der Waals surface area contributed by atoms with Crippen LogP contribution in [0.4, 0.5) is 0 Å². The number of hydrogen-bond acceptors (Lipinski definition) is 5. The number of amides is 1. The fraction of sp³-hybridized carbons (Fsp3) is 0.429. The number of ether oxygens (including phenoxy) is 1. The number of sulfonamides is 1. The van der Waals surface area contributed by atoms with Crippen LogP contribution in [0.3, 0.4) is 0 Å². The summed E-state index contributed by atoms with van der Waals surface area (Å²) in [5, 5.41) is 0. The van der Waals surface area contributed by atoms with E-state index in [0.717, 1.165) is 21.7 Å². The topological polar surface area (TPSA) is 107 Å². The first kappa shape index (κ1) is 16.4. The van der Waals surface area contributed by atoms with Crippen LogP contribution in [0.25, 0.3) is 0 Å². The molecule has 1 amide bonds. The molecule has 0 fully saturated rings. The van der Waals surface area contributed by atoms with Crippen LogP contribution in [0.1, 0.15) is 18.1 Å². The molecule has 1 aliphatic rings. The highest BCUT2D eigenvalue weighted by Gasteiger charge is 2.38. The Bertz CT molecular complexity index is 701. The minimum atomic E-state index is -3.60. The van der Waals surface area contributed by atoms with Gasteiger partial charge in [0.25, 0.3) is 5.91 Å². The molecule has 1 aliphatic heterocycles. The van der Waals surface area contributed by atoms with E-state index in [0.29, 0.717) is 0 Å². The van der Waals surface area contributed by atoms with Gasteiger partial charge in [-0.1, -0.05) is 24.3 Å². The molecular weight excluding hydrogens is 308 g/mol. The van der Waals surface area contributed by atoms with Gasteiger partial charge in [-0.15, -0.1) is 0 Å². The summed E-state index contributed by atoms with van der Waals surface area (Å²) in [6, 6.07) is 6.30. The van der Waals surface area contributed by atoms with E-state index in [-0.39, 0.29) is 13.0 Å². The molecule has 0 saturated heterocycles. The lowest BCUT2D eigenvalue weighted by molar-refractivity contribution is -0.157. The van der Waals surface area contributed by atoms with Crippen LogP contribution in [0, 0.1) is 0 Å². The average molecular weight is 326 g/mol. The molecule has 2 atom stereocenters. The zero-order chi connectivity index (χ0) is 16.5. The van der Waals surface area contributed by atoms with Crippen LogP contribution in [-0.4, -0.2) is 43.0 Å². The standard InChI is InChI=1S/C14H18N2O5S/c1-9(13(15)17)21-14(18)12-7-10-5-3-4-6-11(10)8-16(12)22(2,19)20/h3-6,9,12H,7-8H2,1-2H3,(H2,15,17)/t9-,12+/m1/s1. The Balaban J connectivity index is 2.31. The monoisotopic (exact) mass is 326 g/mol. The lowest BCUT2D eigenvalue weighted by Crippen LogP contribution is -2.50. The van der Waals surface area contributed by atoms with Gasteiger partial charge in [0.1, 0.15) is 6.04 Å². The van der Waals surface area contributed by atoms with Gasteiger partial charge in [0, 0.05) is 13.0 Å². The minimum absolute atomic E-state index is 0.0970. The number of hydrogen-bond donors (Lipinski definition) is 1. The number of carbonyl (C=O) groups excluding carboxylic acids is 2. The third-order valence-corrected chi connectivity index (χ3v) is 4.83. The van der Waals surface area contributed by atoms with E-state index in [2.05, 4.69) is 0 Å². The summed E-state index contributed by atoms with van der Waals surface area (Å²) in [5.74, 6) is -1.55. The van der Waals surface area contributed by atoms with Gasteiger partial charge >= 0.3 is 5.97 Å². The second-order valence-corrected chi connectivity index (χ2v) is 7.21. The van der Waals surface area contributed by atoms with Crippen LogP contribution >= 0.6 is 0 Å². The van der Waals surface area contributed by atoms with E-state index >= 15 is 0 Å². The van der Waals surface area contributed by atoms with E-state index in [1.165, 1.54) is 6.92 Å². The molecule has 0 radical (unpaired) electrons. The number of esters is 1. The van der Waals surface area contributed by atoms with Crippen molar-refractivity contribution in [3.8, 4) is 0 Å². The van der Waals surface area contributed by atoms with E-state index < -0.39 is 34.0 Å². The lowest BCUT2D eigenvalue weighted by Gasteiger charge is -2.33. The van der Waals surface area contributed by atoms with Gasteiger partial charge < -0.3 is 10.5 Å². The molecule has 1 heterocycles. The van der Waals surface area contributed by atoms with Gasteiger partial charge in [-0.05, 0) is 18.1 Å². The number of nitrogens with zero attached hydrogens (tertiary/aromatic N) is 1. The number of fused-ring (bicyclic) bond motifs is 1. The molecule has 120 valence electrons. The molecule has 1 aromatic carbocycles. The zero-order valence-electron chi connectivity index (χ0n) is 12.4. The van der Waals surface area contributed by atoms with Crippen molar-refractivity contribution in [1.82, 2.24) is 4.31 Å². The Kier molecular flexibility index (Phi) is 4.52. The van der Waals surface area contributed by atoms with Crippen LogP contribution in [0.15, 0.2) is 24.3 Å². The van der Waals surface area contributed by atoms with Gasteiger partial charge in [-0.2, -0.15) is 4.31 Å². The molecule has 1 aromatic rings. The minimum Gasteiger partial charge on any atom is -0.451 e. The van der Waals surface area contributed by atoms with Crippen molar-refractivity contribution in [1.29, 1.82) is 0 Å². The van der Waals surface area contributed by atoms with Crippen molar-refractivity contribution in [3.63, 3.8) is 0 Å². The summed E-state index contributed by atoms with van der Waals surface area (Å²) >= 11 is 0. The van der Waals surface area contributed by atoms with E-state index in [4.69, 9.17) is 10.5 Å². The quantitative estimate of drug-likeness (QED) is 0.771. The first-order valence-corrected chi connectivity index (χ1v) is 8.58.